The Morgan fingerprint density at radius 3 is 2.46 bits per heavy atom. The second-order valence-corrected chi connectivity index (χ2v) is 6.05. The summed E-state index contributed by atoms with van der Waals surface area (Å²) in [5, 5.41) is 19.4. The van der Waals surface area contributed by atoms with Gasteiger partial charge in [0.05, 0.1) is 5.69 Å². The molecular weight excluding hydrogens is 306 g/mol. The maximum atomic E-state index is 11.1. The molecule has 0 aromatic carbocycles. The first-order valence-electron chi connectivity index (χ1n) is 8.79. The Morgan fingerprint density at radius 1 is 1.00 bits per heavy atom. The molecule has 0 atom stereocenters. The van der Waals surface area contributed by atoms with Gasteiger partial charge in [0, 0.05) is 32.7 Å². The molecular formula is C17H29N5O2. The normalized spacial score (nSPS) is 19.5. The minimum Gasteiger partial charge on any atom is -0.477 e. The van der Waals surface area contributed by atoms with Crippen LogP contribution in [0.1, 0.15) is 29.0 Å². The lowest BCUT2D eigenvalue weighted by Gasteiger charge is -2.23. The SMILES string of the molecule is O=C(O)c1cccc(CN2CCCNCCNCCCNCC2)n1. The molecule has 2 heterocycles. The van der Waals surface area contributed by atoms with Crippen molar-refractivity contribution in [3.63, 3.8) is 0 Å². The highest BCUT2D eigenvalue weighted by molar-refractivity contribution is 5.85. The predicted octanol–water partition coefficient (Wildman–Crippen LogP) is 0.144. The van der Waals surface area contributed by atoms with Crippen LogP contribution in [0.15, 0.2) is 18.2 Å². The number of nitrogens with one attached hydrogen (secondary N) is 3. The van der Waals surface area contributed by atoms with Gasteiger partial charge in [0.15, 0.2) is 0 Å². The Hall–Kier alpha value is -1.54. The lowest BCUT2D eigenvalue weighted by atomic mass is 10.2. The molecule has 0 bridgehead atoms. The summed E-state index contributed by atoms with van der Waals surface area (Å²) in [7, 11) is 0. The number of rotatable bonds is 3. The Morgan fingerprint density at radius 2 is 1.71 bits per heavy atom. The molecule has 1 aliphatic heterocycles. The fourth-order valence-electron chi connectivity index (χ4n) is 2.74. The van der Waals surface area contributed by atoms with Gasteiger partial charge in [-0.25, -0.2) is 9.78 Å². The molecule has 0 unspecified atom stereocenters. The van der Waals surface area contributed by atoms with Crippen LogP contribution in [0.3, 0.4) is 0 Å². The van der Waals surface area contributed by atoms with E-state index in [-0.39, 0.29) is 5.69 Å². The van der Waals surface area contributed by atoms with Gasteiger partial charge in [0.25, 0.3) is 0 Å². The first kappa shape index (κ1) is 18.8. The van der Waals surface area contributed by atoms with Crippen LogP contribution in [0.4, 0.5) is 0 Å². The lowest BCUT2D eigenvalue weighted by Crippen LogP contribution is -2.36. The molecule has 1 fully saturated rings. The van der Waals surface area contributed by atoms with Crippen LogP contribution in [0.25, 0.3) is 0 Å². The summed E-state index contributed by atoms with van der Waals surface area (Å²) in [5.74, 6) is -0.975. The van der Waals surface area contributed by atoms with E-state index < -0.39 is 5.97 Å². The van der Waals surface area contributed by atoms with Crippen molar-refractivity contribution >= 4 is 5.97 Å². The second kappa shape index (κ2) is 11.1. The molecule has 1 aromatic rings. The third-order valence-electron chi connectivity index (χ3n) is 4.03. The zero-order valence-electron chi connectivity index (χ0n) is 14.3. The summed E-state index contributed by atoms with van der Waals surface area (Å²) >= 11 is 0. The van der Waals surface area contributed by atoms with Crippen molar-refractivity contribution in [2.24, 2.45) is 0 Å². The standard InChI is InChI=1S/C17H29N5O2/c23-17(24)16-5-1-4-15(21-16)14-22-12-3-8-19-10-9-18-6-2-7-20-11-13-22/h1,4-5,18-20H,2-3,6-14H2,(H,23,24). The van der Waals surface area contributed by atoms with Gasteiger partial charge in [-0.1, -0.05) is 6.07 Å². The molecule has 2 rings (SSSR count). The zero-order chi connectivity index (χ0) is 17.0. The van der Waals surface area contributed by atoms with E-state index >= 15 is 0 Å². The van der Waals surface area contributed by atoms with E-state index in [1.165, 1.54) is 6.07 Å². The summed E-state index contributed by atoms with van der Waals surface area (Å²) in [6.07, 6.45) is 2.20. The molecule has 1 aliphatic rings. The predicted molar refractivity (Wildman–Crippen MR) is 94.3 cm³/mol. The smallest absolute Gasteiger partial charge is 0.354 e. The van der Waals surface area contributed by atoms with Crippen LogP contribution >= 0.6 is 0 Å². The van der Waals surface area contributed by atoms with Crippen LogP contribution in [-0.4, -0.2) is 73.3 Å². The highest BCUT2D eigenvalue weighted by Gasteiger charge is 2.10. The van der Waals surface area contributed by atoms with Gasteiger partial charge in [-0.2, -0.15) is 0 Å². The number of aromatic carboxylic acids is 1. The van der Waals surface area contributed by atoms with Crippen LogP contribution < -0.4 is 16.0 Å². The maximum absolute atomic E-state index is 11.1. The average molecular weight is 335 g/mol. The van der Waals surface area contributed by atoms with Gasteiger partial charge in [-0.05, 0) is 51.2 Å². The number of hydrogen-bond acceptors (Lipinski definition) is 6. The Balaban J connectivity index is 1.88. The average Bonchev–Trinajstić information content (AvgIpc) is 2.58. The van der Waals surface area contributed by atoms with Crippen LogP contribution in [0, 0.1) is 0 Å². The van der Waals surface area contributed by atoms with Crippen molar-refractivity contribution in [1.29, 1.82) is 0 Å². The first-order chi connectivity index (χ1) is 11.8. The molecule has 0 radical (unpaired) electrons. The molecule has 1 aromatic heterocycles. The van der Waals surface area contributed by atoms with Crippen LogP contribution in [-0.2, 0) is 6.54 Å². The minimum atomic E-state index is -0.975. The van der Waals surface area contributed by atoms with Gasteiger partial charge < -0.3 is 21.1 Å². The Labute approximate surface area is 143 Å². The van der Waals surface area contributed by atoms with Gasteiger partial charge in [0.1, 0.15) is 5.69 Å². The van der Waals surface area contributed by atoms with Crippen molar-refractivity contribution in [3.8, 4) is 0 Å². The van der Waals surface area contributed by atoms with Gasteiger partial charge in [0.2, 0.25) is 0 Å². The van der Waals surface area contributed by atoms with Crippen molar-refractivity contribution in [2.75, 3.05) is 52.4 Å². The summed E-state index contributed by atoms with van der Waals surface area (Å²) in [5.41, 5.74) is 0.926. The van der Waals surface area contributed by atoms with E-state index in [2.05, 4.69) is 25.8 Å². The third-order valence-corrected chi connectivity index (χ3v) is 4.03. The third kappa shape index (κ3) is 7.35. The van der Waals surface area contributed by atoms with Gasteiger partial charge >= 0.3 is 5.97 Å². The minimum absolute atomic E-state index is 0.113. The quantitative estimate of drug-likeness (QED) is 0.625. The fraction of sp³-hybridized carbons (Fsp3) is 0.647. The zero-order valence-corrected chi connectivity index (χ0v) is 14.3. The van der Waals surface area contributed by atoms with Crippen molar-refractivity contribution < 1.29 is 9.90 Å². The molecule has 7 nitrogen and oxygen atoms in total. The largest absolute Gasteiger partial charge is 0.477 e. The fourth-order valence-corrected chi connectivity index (χ4v) is 2.74. The molecule has 134 valence electrons. The highest BCUT2D eigenvalue weighted by Crippen LogP contribution is 2.05. The molecule has 1 saturated heterocycles. The molecule has 0 spiro atoms. The number of carboxylic acid groups (broad SMARTS) is 1. The molecule has 24 heavy (non-hydrogen) atoms. The van der Waals surface area contributed by atoms with Crippen LogP contribution in [0.5, 0.6) is 0 Å². The molecule has 0 aliphatic carbocycles. The Kier molecular flexibility index (Phi) is 8.69. The van der Waals surface area contributed by atoms with Crippen molar-refractivity contribution in [3.05, 3.63) is 29.6 Å². The first-order valence-corrected chi connectivity index (χ1v) is 8.79. The van der Waals surface area contributed by atoms with Crippen molar-refractivity contribution in [2.45, 2.75) is 19.4 Å². The van der Waals surface area contributed by atoms with E-state index in [0.29, 0.717) is 6.54 Å². The maximum Gasteiger partial charge on any atom is 0.354 e. The van der Waals surface area contributed by atoms with Gasteiger partial charge in [-0.3, -0.25) is 4.90 Å². The number of carboxylic acids is 1. The number of nitrogens with zero attached hydrogens (tertiary/aromatic N) is 2. The molecule has 0 saturated carbocycles. The monoisotopic (exact) mass is 335 g/mol. The number of aromatic nitrogens is 1. The lowest BCUT2D eigenvalue weighted by molar-refractivity contribution is 0.0690. The van der Waals surface area contributed by atoms with Gasteiger partial charge in [-0.15, -0.1) is 0 Å². The summed E-state index contributed by atoms with van der Waals surface area (Å²) in [4.78, 5) is 17.6. The highest BCUT2D eigenvalue weighted by atomic mass is 16.4. The number of carbonyl (C=O) groups is 1. The Bertz CT molecular complexity index is 484. The summed E-state index contributed by atoms with van der Waals surface area (Å²) in [6, 6.07) is 5.20. The number of hydrogen-bond donors (Lipinski definition) is 4. The van der Waals surface area contributed by atoms with E-state index in [0.717, 1.165) is 70.9 Å². The van der Waals surface area contributed by atoms with E-state index in [9.17, 15) is 4.79 Å². The molecule has 4 N–H and O–H groups in total. The second-order valence-electron chi connectivity index (χ2n) is 6.05. The number of pyridine rings is 1. The van der Waals surface area contributed by atoms with E-state index in [4.69, 9.17) is 5.11 Å². The molecule has 7 heteroatoms. The van der Waals surface area contributed by atoms with E-state index in [1.807, 2.05) is 6.07 Å². The van der Waals surface area contributed by atoms with Crippen molar-refractivity contribution in [1.82, 2.24) is 25.8 Å². The van der Waals surface area contributed by atoms with Crippen LogP contribution in [0.2, 0.25) is 0 Å². The van der Waals surface area contributed by atoms with E-state index in [1.54, 1.807) is 6.07 Å². The topological polar surface area (TPSA) is 89.5 Å². The summed E-state index contributed by atoms with van der Waals surface area (Å²) < 4.78 is 0. The summed E-state index contributed by atoms with van der Waals surface area (Å²) in [6.45, 7) is 8.59. The molecule has 0 amide bonds.